The van der Waals surface area contributed by atoms with Crippen LogP contribution in [0.2, 0.25) is 0 Å². The van der Waals surface area contributed by atoms with Crippen molar-refractivity contribution in [3.05, 3.63) is 274 Å². The number of aryl methyl sites for hydroxylation is 2. The van der Waals surface area contributed by atoms with Gasteiger partial charge in [-0.3, -0.25) is 0 Å². The minimum absolute atomic E-state index is 0. The second-order valence-electron chi connectivity index (χ2n) is 27.2. The third-order valence-electron chi connectivity index (χ3n) is 17.1. The minimum atomic E-state index is 0. The Morgan fingerprint density at radius 1 is 0.314 bits per heavy atom. The Balaban J connectivity index is 0.000000162. The molecule has 0 spiro atoms. The molecule has 0 heterocycles. The zero-order valence-corrected chi connectivity index (χ0v) is 59.2. The molecular formula is C82H80Cl2Zr2-2. The van der Waals surface area contributed by atoms with Gasteiger partial charge in [-0.05, 0) is 103 Å². The van der Waals surface area contributed by atoms with Crippen LogP contribution in [-0.2, 0) is 86.9 Å². The van der Waals surface area contributed by atoms with Crippen LogP contribution in [0, 0.1) is 26.0 Å². The number of fused-ring (bicyclic) bond motifs is 10. The fourth-order valence-electron chi connectivity index (χ4n) is 12.2. The van der Waals surface area contributed by atoms with Crippen LogP contribution < -0.4 is 24.8 Å². The van der Waals surface area contributed by atoms with Crippen LogP contribution in [0.4, 0.5) is 0 Å². The molecule has 432 valence electrons. The van der Waals surface area contributed by atoms with Crippen LogP contribution in [0.25, 0.3) is 87.6 Å². The van der Waals surface area contributed by atoms with Gasteiger partial charge in [0.25, 0.3) is 0 Å². The van der Waals surface area contributed by atoms with Crippen molar-refractivity contribution in [2.24, 2.45) is 0 Å². The fraction of sp³-hybridized carbons (Fsp3) is 0.244. The van der Waals surface area contributed by atoms with E-state index in [1.807, 2.05) is 0 Å². The van der Waals surface area contributed by atoms with Crippen molar-refractivity contribution in [1.29, 1.82) is 0 Å². The Hall–Kier alpha value is -5.71. The molecule has 14 rings (SSSR count). The van der Waals surface area contributed by atoms with Crippen LogP contribution >= 0.6 is 0 Å². The number of hydrogen-bond acceptors (Lipinski definition) is 0. The number of halogens is 2. The van der Waals surface area contributed by atoms with Gasteiger partial charge in [0, 0.05) is 0 Å². The third kappa shape index (κ3) is 14.1. The van der Waals surface area contributed by atoms with Crippen molar-refractivity contribution >= 4 is 43.1 Å². The first-order valence-corrected chi connectivity index (χ1v) is 29.7. The van der Waals surface area contributed by atoms with Gasteiger partial charge in [0.05, 0.1) is 0 Å². The first-order valence-electron chi connectivity index (χ1n) is 29.7. The molecule has 0 bridgehead atoms. The summed E-state index contributed by atoms with van der Waals surface area (Å²) in [5.74, 6) is 0. The molecular weight excluding hydrogens is 1240 g/mol. The van der Waals surface area contributed by atoms with E-state index in [0.717, 1.165) is 12.8 Å². The van der Waals surface area contributed by atoms with E-state index in [-0.39, 0.29) is 98.9 Å². The molecule has 0 aromatic heterocycles. The maximum atomic E-state index is 3.67. The van der Waals surface area contributed by atoms with Gasteiger partial charge in [-0.25, -0.2) is 0 Å². The molecule has 0 N–H and O–H groups in total. The van der Waals surface area contributed by atoms with E-state index in [9.17, 15) is 0 Å². The molecule has 0 aliphatic heterocycles. The maximum Gasteiger partial charge on any atom is 2.00 e. The monoisotopic (exact) mass is 1310 g/mol. The molecule has 2 aliphatic carbocycles. The summed E-state index contributed by atoms with van der Waals surface area (Å²) in [5, 5.41) is 10.7. The molecule has 12 aromatic rings. The SMILES string of the molecule is CC(C)(C)c1[c-]c2c(cc1)-c1ccc(C(C)(C)C)cc1C2.CC(C)(C)c1[c-]c2c(cc1)-c1ccc(C(C)(C)C)cc1C2.Cc1cccc2c(-c3c[cH-]c4ccccc34)cccc12.Cc1cccc2c(-c3c[cH-]c4ccccc34)cccc12.[Cl-].[Cl-].[Zr+2].[Zr+2]. The van der Waals surface area contributed by atoms with Crippen molar-refractivity contribution < 1.29 is 77.2 Å². The number of benzene rings is 10. The van der Waals surface area contributed by atoms with Crippen molar-refractivity contribution in [3.8, 4) is 44.5 Å². The zero-order chi connectivity index (χ0) is 57.9. The standard InChI is InChI=1S/2C21H25.2C20H15.2ClH.2Zr/c2*1-20(2,3)16-7-9-18-14(12-16)11-15-13-17(21(4,5)6)8-10-19(15)18;2*1-14-6-4-10-18-16(14)9-5-11-19(18)20-13-12-15-7-2-3-8-17(15)20;;;;/h2*7-10,12H,11H2,1-6H3;2*2-13H,1H3;2*1H;;/q4*-1;;;2*+2/p-2. The minimum Gasteiger partial charge on any atom is -1.00 e. The molecule has 12 aromatic carbocycles. The van der Waals surface area contributed by atoms with Gasteiger partial charge in [-0.1, -0.05) is 227 Å². The quantitative estimate of drug-likeness (QED) is 0.151. The Morgan fingerprint density at radius 2 is 0.651 bits per heavy atom. The molecule has 0 radical (unpaired) electrons. The Bertz CT molecular complexity index is 3940. The first-order chi connectivity index (χ1) is 39.0. The van der Waals surface area contributed by atoms with Crippen LogP contribution in [0.5, 0.6) is 0 Å². The number of rotatable bonds is 2. The van der Waals surface area contributed by atoms with Crippen LogP contribution in [0.15, 0.2) is 206 Å². The summed E-state index contributed by atoms with van der Waals surface area (Å²) in [6, 6.07) is 82.7. The van der Waals surface area contributed by atoms with Gasteiger partial charge >= 0.3 is 52.4 Å². The summed E-state index contributed by atoms with van der Waals surface area (Å²) < 4.78 is 0. The third-order valence-corrected chi connectivity index (χ3v) is 17.1. The summed E-state index contributed by atoms with van der Waals surface area (Å²) in [5.41, 5.74) is 25.4. The van der Waals surface area contributed by atoms with Gasteiger partial charge < -0.3 is 24.8 Å². The predicted molar refractivity (Wildman–Crippen MR) is 356 cm³/mol. The molecule has 0 unspecified atom stereocenters. The summed E-state index contributed by atoms with van der Waals surface area (Å²) >= 11 is 0. The average Bonchev–Trinajstić information content (AvgIpc) is 1.83. The smallest absolute Gasteiger partial charge is 1.00 e. The normalized spacial score (nSPS) is 12.1. The fourth-order valence-corrected chi connectivity index (χ4v) is 12.2. The molecule has 86 heavy (non-hydrogen) atoms. The van der Waals surface area contributed by atoms with Crippen molar-refractivity contribution in [3.63, 3.8) is 0 Å². The second-order valence-corrected chi connectivity index (χ2v) is 27.2. The second kappa shape index (κ2) is 26.9. The van der Waals surface area contributed by atoms with E-state index < -0.39 is 0 Å². The Labute approximate surface area is 565 Å². The van der Waals surface area contributed by atoms with E-state index in [0.29, 0.717) is 0 Å². The first kappa shape index (κ1) is 67.8. The molecule has 0 saturated heterocycles. The molecule has 0 atom stereocenters. The van der Waals surface area contributed by atoms with E-state index in [2.05, 4.69) is 315 Å². The summed E-state index contributed by atoms with van der Waals surface area (Å²) in [7, 11) is 0. The molecule has 2 aliphatic rings. The molecule has 0 saturated carbocycles. The van der Waals surface area contributed by atoms with Gasteiger partial charge in [0.1, 0.15) is 0 Å². The van der Waals surface area contributed by atoms with Crippen molar-refractivity contribution in [1.82, 2.24) is 0 Å². The summed E-state index contributed by atoms with van der Waals surface area (Å²) in [4.78, 5) is 0. The Kier molecular flexibility index (Phi) is 21.2. The molecule has 4 heteroatoms. The van der Waals surface area contributed by atoms with E-state index in [1.54, 1.807) is 0 Å². The van der Waals surface area contributed by atoms with E-state index >= 15 is 0 Å². The summed E-state index contributed by atoms with van der Waals surface area (Å²) in [6.45, 7) is 31.6. The maximum absolute atomic E-state index is 3.67. The van der Waals surface area contributed by atoms with Crippen LogP contribution in [0.1, 0.15) is 139 Å². The predicted octanol–water partition coefficient (Wildman–Crippen LogP) is 16.7. The number of hydrogen-bond donors (Lipinski definition) is 0. The van der Waals surface area contributed by atoms with Crippen molar-refractivity contribution in [2.45, 2.75) is 131 Å². The van der Waals surface area contributed by atoms with Gasteiger partial charge in [-0.2, -0.15) is 47.5 Å². The molecule has 0 fully saturated rings. The average molecular weight is 1320 g/mol. The molecule has 0 amide bonds. The van der Waals surface area contributed by atoms with Gasteiger partial charge in [0.15, 0.2) is 0 Å². The summed E-state index contributed by atoms with van der Waals surface area (Å²) in [6.07, 6.45) is 2.05. The van der Waals surface area contributed by atoms with Crippen molar-refractivity contribution in [2.75, 3.05) is 0 Å². The van der Waals surface area contributed by atoms with E-state index in [4.69, 9.17) is 0 Å². The topological polar surface area (TPSA) is 0 Å². The van der Waals surface area contributed by atoms with Gasteiger partial charge in [0.2, 0.25) is 0 Å². The largest absolute Gasteiger partial charge is 2.00 e. The van der Waals surface area contributed by atoms with Crippen LogP contribution in [0.3, 0.4) is 0 Å². The van der Waals surface area contributed by atoms with Crippen LogP contribution in [-0.4, -0.2) is 0 Å². The Morgan fingerprint density at radius 3 is 1.02 bits per heavy atom. The zero-order valence-electron chi connectivity index (χ0n) is 52.8. The molecule has 0 nitrogen and oxygen atoms in total. The van der Waals surface area contributed by atoms with E-state index in [1.165, 1.54) is 143 Å². The van der Waals surface area contributed by atoms with Gasteiger partial charge in [-0.15, -0.1) is 116 Å².